The minimum Gasteiger partial charge on any atom is -0.497 e. The van der Waals surface area contributed by atoms with Gasteiger partial charge < -0.3 is 4.74 Å². The van der Waals surface area contributed by atoms with E-state index in [4.69, 9.17) is 4.74 Å². The molecule has 0 unspecified atom stereocenters. The van der Waals surface area contributed by atoms with Gasteiger partial charge in [0, 0.05) is 5.69 Å². The Kier molecular flexibility index (Phi) is 5.18. The minimum atomic E-state index is -4.83. The molecule has 0 heterocycles. The largest absolute Gasteiger partial charge is 0.497 e. The molecule has 0 aliphatic rings. The summed E-state index contributed by atoms with van der Waals surface area (Å²) in [6, 6.07) is 12.6. The number of anilines is 1. The number of nitrogens with one attached hydrogen (secondary N) is 1. The molecule has 0 amide bonds. The summed E-state index contributed by atoms with van der Waals surface area (Å²) < 4.78 is 70.8. The Balaban J connectivity index is 2.41. The van der Waals surface area contributed by atoms with E-state index in [2.05, 4.69) is 4.72 Å². The third kappa shape index (κ3) is 4.76. The summed E-state index contributed by atoms with van der Waals surface area (Å²) >= 11 is 0. The fourth-order valence-corrected chi connectivity index (χ4v) is 3.03. The van der Waals surface area contributed by atoms with E-state index in [0.717, 1.165) is 12.1 Å². The summed E-state index contributed by atoms with van der Waals surface area (Å²) in [5, 5.41) is 0.182. The van der Waals surface area contributed by atoms with Crippen molar-refractivity contribution in [1.29, 1.82) is 0 Å². The maximum Gasteiger partial charge on any atom is 0.417 e. The third-order valence-corrected chi connectivity index (χ3v) is 4.08. The lowest BCUT2D eigenvalue weighted by Crippen LogP contribution is -2.16. The fourth-order valence-electron chi connectivity index (χ4n) is 1.92. The Morgan fingerprint density at radius 2 is 1.62 bits per heavy atom. The highest BCUT2D eigenvalue weighted by Crippen LogP contribution is 2.35. The van der Waals surface area contributed by atoms with Gasteiger partial charge in [-0.1, -0.05) is 30.3 Å². The van der Waals surface area contributed by atoms with Crippen LogP contribution >= 0.6 is 0 Å². The third-order valence-electron chi connectivity index (χ3n) is 3.01. The van der Waals surface area contributed by atoms with E-state index in [1.54, 1.807) is 18.2 Å². The Morgan fingerprint density at radius 3 is 2.12 bits per heavy atom. The first-order valence-corrected chi connectivity index (χ1v) is 8.27. The fraction of sp³-hybridized carbons (Fsp3) is 0.125. The van der Waals surface area contributed by atoms with Gasteiger partial charge in [-0.3, -0.25) is 4.72 Å². The van der Waals surface area contributed by atoms with E-state index < -0.39 is 21.8 Å². The zero-order chi connectivity index (χ0) is 17.8. The number of ether oxygens (including phenoxy) is 1. The average molecular weight is 357 g/mol. The van der Waals surface area contributed by atoms with Gasteiger partial charge >= 0.3 is 6.18 Å². The normalized spacial score (nSPS) is 12.8. The summed E-state index contributed by atoms with van der Waals surface area (Å²) in [6.45, 7) is 0. The Labute approximate surface area is 137 Å². The van der Waals surface area contributed by atoms with Crippen LogP contribution in [0.3, 0.4) is 0 Å². The van der Waals surface area contributed by atoms with Crippen molar-refractivity contribution < 1.29 is 26.3 Å². The highest BCUT2D eigenvalue weighted by molar-refractivity contribution is 7.95. The summed E-state index contributed by atoms with van der Waals surface area (Å²) in [5.74, 6) is 0.366. The molecule has 0 aromatic heterocycles. The van der Waals surface area contributed by atoms with Gasteiger partial charge in [0.05, 0.1) is 18.1 Å². The molecule has 0 saturated carbocycles. The minimum absolute atomic E-state index is 0.171. The van der Waals surface area contributed by atoms with Crippen LogP contribution in [0.5, 0.6) is 5.75 Å². The van der Waals surface area contributed by atoms with Crippen LogP contribution in [0.25, 0.3) is 5.57 Å². The maximum atomic E-state index is 13.3. The van der Waals surface area contributed by atoms with E-state index in [-0.39, 0.29) is 16.7 Å². The van der Waals surface area contributed by atoms with E-state index >= 15 is 0 Å². The van der Waals surface area contributed by atoms with Crippen molar-refractivity contribution in [3.05, 3.63) is 65.6 Å². The first-order valence-electron chi connectivity index (χ1n) is 6.72. The SMILES string of the molecule is COc1ccc(C(=CS(=O)(=O)Nc2ccccc2)C(F)(F)F)cc1. The van der Waals surface area contributed by atoms with Gasteiger partial charge in [-0.2, -0.15) is 13.2 Å². The highest BCUT2D eigenvalue weighted by Gasteiger charge is 2.36. The molecule has 0 aliphatic heterocycles. The van der Waals surface area contributed by atoms with Crippen LogP contribution in [-0.2, 0) is 10.0 Å². The topological polar surface area (TPSA) is 55.4 Å². The predicted molar refractivity (Wildman–Crippen MR) is 86.0 cm³/mol. The molecule has 0 radical (unpaired) electrons. The van der Waals surface area contributed by atoms with Crippen molar-refractivity contribution in [3.8, 4) is 5.75 Å². The molecule has 0 atom stereocenters. The summed E-state index contributed by atoms with van der Waals surface area (Å²) in [6.07, 6.45) is -4.83. The van der Waals surface area contributed by atoms with E-state index in [0.29, 0.717) is 5.75 Å². The lowest BCUT2D eigenvalue weighted by molar-refractivity contribution is -0.0688. The molecule has 24 heavy (non-hydrogen) atoms. The number of hydrogen-bond donors (Lipinski definition) is 1. The van der Waals surface area contributed by atoms with Gasteiger partial charge in [0.2, 0.25) is 0 Å². The molecule has 2 aromatic rings. The van der Waals surface area contributed by atoms with Gasteiger partial charge in [-0.25, -0.2) is 8.42 Å². The second-order valence-corrected chi connectivity index (χ2v) is 6.30. The standard InChI is InChI=1S/C16H14F3NO3S/c1-23-14-9-7-12(8-10-14)15(16(17,18)19)11-24(21,22)20-13-5-3-2-4-6-13/h2-11,20H,1H3. The first-order chi connectivity index (χ1) is 11.2. The van der Waals surface area contributed by atoms with Crippen molar-refractivity contribution in [2.24, 2.45) is 0 Å². The van der Waals surface area contributed by atoms with Crippen LogP contribution in [0.15, 0.2) is 60.0 Å². The van der Waals surface area contributed by atoms with Gasteiger partial charge in [0.1, 0.15) is 5.75 Å². The number of para-hydroxylation sites is 1. The van der Waals surface area contributed by atoms with Crippen LogP contribution in [-0.4, -0.2) is 21.7 Å². The second kappa shape index (κ2) is 6.96. The average Bonchev–Trinajstić information content (AvgIpc) is 2.52. The van der Waals surface area contributed by atoms with Gasteiger partial charge in [-0.15, -0.1) is 0 Å². The van der Waals surface area contributed by atoms with E-state index in [9.17, 15) is 21.6 Å². The van der Waals surface area contributed by atoms with Crippen molar-refractivity contribution in [3.63, 3.8) is 0 Å². The lowest BCUT2D eigenvalue weighted by Gasteiger charge is -2.13. The van der Waals surface area contributed by atoms with Crippen LogP contribution in [0.1, 0.15) is 5.56 Å². The van der Waals surface area contributed by atoms with Crippen LogP contribution in [0.4, 0.5) is 18.9 Å². The number of methoxy groups -OCH3 is 1. The molecule has 128 valence electrons. The zero-order valence-corrected chi connectivity index (χ0v) is 13.4. The molecular formula is C16H14F3NO3S. The predicted octanol–water partition coefficient (Wildman–Crippen LogP) is 4.04. The maximum absolute atomic E-state index is 13.3. The Morgan fingerprint density at radius 1 is 1.04 bits per heavy atom. The van der Waals surface area contributed by atoms with Crippen molar-refractivity contribution in [2.75, 3.05) is 11.8 Å². The van der Waals surface area contributed by atoms with Gasteiger partial charge in [0.15, 0.2) is 0 Å². The molecule has 1 N–H and O–H groups in total. The number of benzene rings is 2. The smallest absolute Gasteiger partial charge is 0.417 e. The summed E-state index contributed by atoms with van der Waals surface area (Å²) in [7, 11) is -2.97. The number of sulfonamides is 1. The van der Waals surface area contributed by atoms with E-state index in [1.807, 2.05) is 0 Å². The monoisotopic (exact) mass is 357 g/mol. The quantitative estimate of drug-likeness (QED) is 0.879. The second-order valence-electron chi connectivity index (χ2n) is 4.77. The number of rotatable bonds is 5. The number of hydrogen-bond acceptors (Lipinski definition) is 3. The molecule has 2 rings (SSSR count). The molecule has 0 bridgehead atoms. The Bertz CT molecular complexity index is 814. The van der Waals surface area contributed by atoms with Crippen molar-refractivity contribution in [1.82, 2.24) is 0 Å². The molecule has 2 aromatic carbocycles. The lowest BCUT2D eigenvalue weighted by atomic mass is 10.1. The van der Waals surface area contributed by atoms with Crippen LogP contribution < -0.4 is 9.46 Å². The van der Waals surface area contributed by atoms with Crippen LogP contribution in [0.2, 0.25) is 0 Å². The highest BCUT2D eigenvalue weighted by atomic mass is 32.2. The number of alkyl halides is 3. The molecule has 0 fully saturated rings. The van der Waals surface area contributed by atoms with E-state index in [1.165, 1.54) is 31.4 Å². The summed E-state index contributed by atoms with van der Waals surface area (Å²) in [4.78, 5) is 0. The molecular weight excluding hydrogens is 343 g/mol. The zero-order valence-electron chi connectivity index (χ0n) is 12.5. The first kappa shape index (κ1) is 17.9. The molecule has 8 heteroatoms. The molecule has 4 nitrogen and oxygen atoms in total. The molecule has 0 aliphatic carbocycles. The van der Waals surface area contributed by atoms with Crippen LogP contribution in [0, 0.1) is 0 Å². The number of allylic oxidation sites excluding steroid dienone is 1. The van der Waals surface area contributed by atoms with Gasteiger partial charge in [-0.05, 0) is 29.8 Å². The number of halogens is 3. The van der Waals surface area contributed by atoms with Gasteiger partial charge in [0.25, 0.3) is 10.0 Å². The molecule has 0 saturated heterocycles. The Hall–Kier alpha value is -2.48. The summed E-state index contributed by atoms with van der Waals surface area (Å²) in [5.41, 5.74) is -1.37. The van der Waals surface area contributed by atoms with Crippen molar-refractivity contribution in [2.45, 2.75) is 6.18 Å². The molecule has 0 spiro atoms. The van der Waals surface area contributed by atoms with Crippen molar-refractivity contribution >= 4 is 21.3 Å².